The van der Waals surface area contributed by atoms with E-state index in [0.717, 1.165) is 43.3 Å². The van der Waals surface area contributed by atoms with Crippen LogP contribution in [0.2, 0.25) is 0 Å². The minimum atomic E-state index is 0. The molecule has 0 aliphatic carbocycles. The summed E-state index contributed by atoms with van der Waals surface area (Å²) in [5.41, 5.74) is 7.08. The van der Waals surface area contributed by atoms with Gasteiger partial charge in [-0.25, -0.2) is 4.98 Å². The number of rotatable bonds is 8. The summed E-state index contributed by atoms with van der Waals surface area (Å²) in [4.78, 5) is 8.91. The van der Waals surface area contributed by atoms with Crippen LogP contribution in [0.5, 0.6) is 0 Å². The first kappa shape index (κ1) is 21.6. The first-order valence-corrected chi connectivity index (χ1v) is 8.38. The van der Waals surface area contributed by atoms with Gasteiger partial charge >= 0.3 is 0 Å². The van der Waals surface area contributed by atoms with Gasteiger partial charge in [-0.1, -0.05) is 20.8 Å². The fourth-order valence-electron chi connectivity index (χ4n) is 1.63. The molecule has 3 N–H and O–H groups in total. The van der Waals surface area contributed by atoms with Crippen LogP contribution in [-0.2, 0) is 16.6 Å². The first-order chi connectivity index (χ1) is 9.93. The summed E-state index contributed by atoms with van der Waals surface area (Å²) in [6, 6.07) is 0. The van der Waals surface area contributed by atoms with Crippen LogP contribution in [0.15, 0.2) is 10.4 Å². The number of thiazole rings is 1. The molecular formula is C15H29IN4OS. The van der Waals surface area contributed by atoms with E-state index >= 15 is 0 Å². The van der Waals surface area contributed by atoms with Crippen LogP contribution >= 0.6 is 35.3 Å². The topological polar surface area (TPSA) is 72.5 Å². The highest BCUT2D eigenvalue weighted by Gasteiger charge is 2.17. The van der Waals surface area contributed by atoms with E-state index in [1.807, 2.05) is 6.92 Å². The summed E-state index contributed by atoms with van der Waals surface area (Å²) in [5, 5.41) is 6.40. The van der Waals surface area contributed by atoms with E-state index < -0.39 is 0 Å². The van der Waals surface area contributed by atoms with Gasteiger partial charge in [0.25, 0.3) is 0 Å². The van der Waals surface area contributed by atoms with Crippen molar-refractivity contribution in [3.8, 4) is 0 Å². The van der Waals surface area contributed by atoms with Crippen LogP contribution < -0.4 is 11.1 Å². The van der Waals surface area contributed by atoms with Crippen molar-refractivity contribution in [2.45, 2.75) is 46.0 Å². The second-order valence-electron chi connectivity index (χ2n) is 5.87. The third-order valence-electron chi connectivity index (χ3n) is 2.90. The predicted octanol–water partition coefficient (Wildman–Crippen LogP) is 2.93. The fraction of sp³-hybridized carbons (Fsp3) is 0.733. The maximum Gasteiger partial charge on any atom is 0.188 e. The second-order valence-corrected chi connectivity index (χ2v) is 6.81. The lowest BCUT2D eigenvalue weighted by Gasteiger charge is -2.14. The molecule has 0 unspecified atom stereocenters. The van der Waals surface area contributed by atoms with Crippen molar-refractivity contribution in [3.63, 3.8) is 0 Å². The van der Waals surface area contributed by atoms with Gasteiger partial charge in [-0.15, -0.1) is 35.3 Å². The molecule has 0 atom stereocenters. The van der Waals surface area contributed by atoms with E-state index in [2.05, 4.69) is 41.4 Å². The number of nitrogens with two attached hydrogens (primary N) is 1. The molecule has 0 aromatic carbocycles. The van der Waals surface area contributed by atoms with Gasteiger partial charge in [0.1, 0.15) is 0 Å². The molecule has 0 saturated carbocycles. The summed E-state index contributed by atoms with van der Waals surface area (Å²) in [6.45, 7) is 11.5. The van der Waals surface area contributed by atoms with Crippen LogP contribution in [0.1, 0.15) is 44.8 Å². The van der Waals surface area contributed by atoms with Gasteiger partial charge in [0, 0.05) is 43.5 Å². The predicted molar refractivity (Wildman–Crippen MR) is 106 cm³/mol. The Hall–Kier alpha value is -0.410. The van der Waals surface area contributed by atoms with Crippen molar-refractivity contribution in [3.05, 3.63) is 16.1 Å². The van der Waals surface area contributed by atoms with Crippen LogP contribution in [0.3, 0.4) is 0 Å². The van der Waals surface area contributed by atoms with Gasteiger partial charge in [0.2, 0.25) is 0 Å². The van der Waals surface area contributed by atoms with Gasteiger partial charge < -0.3 is 15.8 Å². The highest BCUT2D eigenvalue weighted by molar-refractivity contribution is 14.0. The molecule has 0 aliphatic rings. The molecule has 0 aliphatic heterocycles. The van der Waals surface area contributed by atoms with Crippen molar-refractivity contribution in [2.24, 2.45) is 10.7 Å². The van der Waals surface area contributed by atoms with Crippen LogP contribution in [-0.4, -0.2) is 37.2 Å². The van der Waals surface area contributed by atoms with Crippen molar-refractivity contribution >= 4 is 41.3 Å². The Morgan fingerprint density at radius 1 is 1.45 bits per heavy atom. The Labute approximate surface area is 155 Å². The smallest absolute Gasteiger partial charge is 0.188 e. The molecule has 0 fully saturated rings. The SMILES string of the molecule is CCOCCCN=C(N)NCCc1nc(C(C)(C)C)cs1.I. The van der Waals surface area contributed by atoms with E-state index in [-0.39, 0.29) is 29.4 Å². The Morgan fingerprint density at radius 3 is 2.77 bits per heavy atom. The zero-order chi connectivity index (χ0) is 15.7. The number of halogens is 1. The number of aliphatic imine (C=N–C) groups is 1. The fourth-order valence-corrected chi connectivity index (χ4v) is 2.66. The van der Waals surface area contributed by atoms with E-state index in [1.165, 1.54) is 0 Å². The van der Waals surface area contributed by atoms with E-state index in [4.69, 9.17) is 10.5 Å². The van der Waals surface area contributed by atoms with Crippen molar-refractivity contribution < 1.29 is 4.74 Å². The number of hydrogen-bond acceptors (Lipinski definition) is 4. The second kappa shape index (κ2) is 11.2. The molecule has 22 heavy (non-hydrogen) atoms. The lowest BCUT2D eigenvalue weighted by molar-refractivity contribution is 0.146. The molecule has 5 nitrogen and oxygen atoms in total. The number of guanidine groups is 1. The number of aromatic nitrogens is 1. The average molecular weight is 440 g/mol. The zero-order valence-corrected chi connectivity index (χ0v) is 17.2. The number of ether oxygens (including phenoxy) is 1. The van der Waals surface area contributed by atoms with Crippen molar-refractivity contribution in [1.29, 1.82) is 0 Å². The minimum absolute atomic E-state index is 0. The summed E-state index contributed by atoms with van der Waals surface area (Å²) < 4.78 is 5.25. The molecule has 128 valence electrons. The van der Waals surface area contributed by atoms with Crippen molar-refractivity contribution in [1.82, 2.24) is 10.3 Å². The maximum atomic E-state index is 5.81. The zero-order valence-electron chi connectivity index (χ0n) is 14.0. The monoisotopic (exact) mass is 440 g/mol. The Kier molecular flexibility index (Phi) is 11.0. The molecule has 1 rings (SSSR count). The van der Waals surface area contributed by atoms with E-state index in [0.29, 0.717) is 12.5 Å². The van der Waals surface area contributed by atoms with Gasteiger partial charge in [-0.2, -0.15) is 0 Å². The lowest BCUT2D eigenvalue weighted by atomic mass is 9.93. The average Bonchev–Trinajstić information content (AvgIpc) is 2.87. The molecule has 0 radical (unpaired) electrons. The van der Waals surface area contributed by atoms with Gasteiger partial charge in [0.15, 0.2) is 5.96 Å². The molecule has 0 saturated heterocycles. The first-order valence-electron chi connectivity index (χ1n) is 7.50. The van der Waals surface area contributed by atoms with E-state index in [9.17, 15) is 0 Å². The highest BCUT2D eigenvalue weighted by atomic mass is 127. The highest BCUT2D eigenvalue weighted by Crippen LogP contribution is 2.23. The third kappa shape index (κ3) is 8.89. The Bertz CT molecular complexity index is 443. The van der Waals surface area contributed by atoms with E-state index in [1.54, 1.807) is 11.3 Å². The number of nitrogens with one attached hydrogen (secondary N) is 1. The molecule has 1 aromatic heterocycles. The molecule has 1 heterocycles. The number of hydrogen-bond donors (Lipinski definition) is 2. The quantitative estimate of drug-likeness (QED) is 0.282. The molecular weight excluding hydrogens is 411 g/mol. The molecule has 7 heteroatoms. The van der Waals surface area contributed by atoms with Crippen molar-refractivity contribution in [2.75, 3.05) is 26.3 Å². The number of nitrogens with zero attached hydrogens (tertiary/aromatic N) is 2. The Morgan fingerprint density at radius 2 is 2.18 bits per heavy atom. The minimum Gasteiger partial charge on any atom is -0.382 e. The van der Waals surface area contributed by atoms with Crippen LogP contribution in [0.25, 0.3) is 0 Å². The molecule has 0 spiro atoms. The van der Waals surface area contributed by atoms with Crippen LogP contribution in [0.4, 0.5) is 0 Å². The summed E-state index contributed by atoms with van der Waals surface area (Å²) >= 11 is 1.71. The molecule has 0 bridgehead atoms. The third-order valence-corrected chi connectivity index (χ3v) is 3.81. The van der Waals surface area contributed by atoms with Crippen LogP contribution in [0, 0.1) is 0 Å². The normalized spacial score (nSPS) is 12.1. The van der Waals surface area contributed by atoms with Gasteiger partial charge in [-0.3, -0.25) is 4.99 Å². The summed E-state index contributed by atoms with van der Waals surface area (Å²) in [7, 11) is 0. The maximum absolute atomic E-state index is 5.81. The van der Waals surface area contributed by atoms with Gasteiger partial charge in [-0.05, 0) is 13.3 Å². The molecule has 1 aromatic rings. The summed E-state index contributed by atoms with van der Waals surface area (Å²) in [6.07, 6.45) is 1.77. The summed E-state index contributed by atoms with van der Waals surface area (Å²) in [5.74, 6) is 0.499. The molecule has 0 amide bonds. The largest absolute Gasteiger partial charge is 0.382 e. The lowest BCUT2D eigenvalue weighted by Crippen LogP contribution is -2.33. The van der Waals surface area contributed by atoms with Gasteiger partial charge in [0.05, 0.1) is 10.7 Å². The standard InChI is InChI=1S/C15H28N4OS.HI/c1-5-20-10-6-8-17-14(16)18-9-7-13-19-12(11-21-13)15(2,3)4;/h11H,5-10H2,1-4H3,(H3,16,17,18);1H. The Balaban J connectivity index is 0.00000441.